The van der Waals surface area contributed by atoms with Crippen molar-refractivity contribution in [3.63, 3.8) is 0 Å². The lowest BCUT2D eigenvalue weighted by Crippen LogP contribution is -2.22. The van der Waals surface area contributed by atoms with Gasteiger partial charge < -0.3 is 0 Å². The summed E-state index contributed by atoms with van der Waals surface area (Å²) in [6.07, 6.45) is 9.71. The Morgan fingerprint density at radius 2 is 1.95 bits per heavy atom. The second-order valence-electron chi connectivity index (χ2n) is 5.48. The molecule has 0 radical (unpaired) electrons. The molecule has 96 valence electrons. The van der Waals surface area contributed by atoms with Crippen molar-refractivity contribution < 1.29 is 4.79 Å². The third-order valence-corrected chi connectivity index (χ3v) is 4.22. The summed E-state index contributed by atoms with van der Waals surface area (Å²) in [5.74, 6) is 0.680. The zero-order valence-electron chi connectivity index (χ0n) is 11.2. The van der Waals surface area contributed by atoms with E-state index in [4.69, 9.17) is 0 Å². The van der Waals surface area contributed by atoms with Crippen LogP contribution in [0.25, 0.3) is 0 Å². The fraction of sp³-hybridized carbons (Fsp3) is 0.278. The maximum Gasteiger partial charge on any atom is 0.146 e. The zero-order valence-corrected chi connectivity index (χ0v) is 11.2. The summed E-state index contributed by atoms with van der Waals surface area (Å²) in [6, 6.07) is 10.4. The van der Waals surface area contributed by atoms with Crippen molar-refractivity contribution >= 4 is 6.29 Å². The second kappa shape index (κ2) is 5.00. The van der Waals surface area contributed by atoms with Crippen molar-refractivity contribution in [1.82, 2.24) is 0 Å². The standard InChI is InChI=1S/C18H18O/c1-13-7-10-17-15(11-13)8-9-16(12-19)18(17)14-5-3-2-4-6-14/h2-6,8-9,11-12,17-18H,7,10H2,1H3/t17-,18-/m1/s1. The van der Waals surface area contributed by atoms with Gasteiger partial charge in [-0.25, -0.2) is 0 Å². The van der Waals surface area contributed by atoms with Crippen molar-refractivity contribution in [3.05, 3.63) is 70.8 Å². The number of aldehydes is 1. The Labute approximate surface area is 114 Å². The number of hydrogen-bond donors (Lipinski definition) is 0. The van der Waals surface area contributed by atoms with Gasteiger partial charge in [0.15, 0.2) is 0 Å². The molecule has 0 N–H and O–H groups in total. The first-order chi connectivity index (χ1) is 9.29. The number of carbonyl (C=O) groups excluding carboxylic acids is 1. The van der Waals surface area contributed by atoms with E-state index in [2.05, 4.69) is 43.3 Å². The van der Waals surface area contributed by atoms with E-state index in [-0.39, 0.29) is 5.92 Å². The van der Waals surface area contributed by atoms with Crippen LogP contribution in [0.2, 0.25) is 0 Å². The molecule has 0 saturated heterocycles. The van der Waals surface area contributed by atoms with E-state index in [1.807, 2.05) is 12.1 Å². The molecule has 3 rings (SSSR count). The highest BCUT2D eigenvalue weighted by Gasteiger charge is 2.32. The Balaban J connectivity index is 2.06. The summed E-state index contributed by atoms with van der Waals surface area (Å²) >= 11 is 0. The van der Waals surface area contributed by atoms with Gasteiger partial charge in [-0.1, -0.05) is 54.1 Å². The van der Waals surface area contributed by atoms with E-state index in [1.165, 1.54) is 16.7 Å². The SMILES string of the molecule is CC1=CC2=CC=C(C=O)[C@@H](c3ccccc3)[C@@H]2CC1. The molecule has 0 saturated carbocycles. The van der Waals surface area contributed by atoms with Gasteiger partial charge in [0.05, 0.1) is 0 Å². The van der Waals surface area contributed by atoms with Crippen molar-refractivity contribution in [2.24, 2.45) is 5.92 Å². The Morgan fingerprint density at radius 1 is 1.16 bits per heavy atom. The van der Waals surface area contributed by atoms with Gasteiger partial charge in [-0.2, -0.15) is 0 Å². The molecule has 0 heterocycles. The molecule has 2 aliphatic carbocycles. The van der Waals surface area contributed by atoms with Crippen LogP contribution in [-0.4, -0.2) is 6.29 Å². The number of rotatable bonds is 2. The third kappa shape index (κ3) is 2.21. The molecule has 0 bridgehead atoms. The number of hydrogen-bond acceptors (Lipinski definition) is 1. The van der Waals surface area contributed by atoms with Crippen molar-refractivity contribution in [3.8, 4) is 0 Å². The van der Waals surface area contributed by atoms with Crippen LogP contribution < -0.4 is 0 Å². The van der Waals surface area contributed by atoms with E-state index < -0.39 is 0 Å². The lowest BCUT2D eigenvalue weighted by molar-refractivity contribution is -0.105. The van der Waals surface area contributed by atoms with Crippen LogP contribution in [0.3, 0.4) is 0 Å². The summed E-state index contributed by atoms with van der Waals surface area (Å²) in [5, 5.41) is 0. The fourth-order valence-electron chi connectivity index (χ4n) is 3.27. The normalized spacial score (nSPS) is 25.8. The molecule has 1 aromatic carbocycles. The first-order valence-corrected chi connectivity index (χ1v) is 6.88. The Kier molecular flexibility index (Phi) is 3.20. The Bertz CT molecular complexity index is 575. The Hall–Kier alpha value is -1.89. The highest BCUT2D eigenvalue weighted by atomic mass is 16.1. The van der Waals surface area contributed by atoms with Gasteiger partial charge in [-0.15, -0.1) is 0 Å². The molecule has 1 nitrogen and oxygen atoms in total. The topological polar surface area (TPSA) is 17.1 Å². The maximum absolute atomic E-state index is 11.4. The Morgan fingerprint density at radius 3 is 2.68 bits per heavy atom. The van der Waals surface area contributed by atoms with Crippen LogP contribution in [0.4, 0.5) is 0 Å². The van der Waals surface area contributed by atoms with Gasteiger partial charge in [0.1, 0.15) is 6.29 Å². The van der Waals surface area contributed by atoms with Gasteiger partial charge in [-0.05, 0) is 42.4 Å². The quantitative estimate of drug-likeness (QED) is 0.719. The third-order valence-electron chi connectivity index (χ3n) is 4.22. The van der Waals surface area contributed by atoms with Gasteiger partial charge in [0.25, 0.3) is 0 Å². The fourth-order valence-corrected chi connectivity index (χ4v) is 3.27. The van der Waals surface area contributed by atoms with Crippen molar-refractivity contribution in [1.29, 1.82) is 0 Å². The molecule has 0 fully saturated rings. The molecule has 0 aliphatic heterocycles. The molecule has 0 unspecified atom stereocenters. The molecular weight excluding hydrogens is 232 g/mol. The van der Waals surface area contributed by atoms with E-state index in [1.54, 1.807) is 0 Å². The van der Waals surface area contributed by atoms with Crippen molar-refractivity contribution in [2.75, 3.05) is 0 Å². The van der Waals surface area contributed by atoms with Gasteiger partial charge >= 0.3 is 0 Å². The van der Waals surface area contributed by atoms with Crippen LogP contribution in [0.5, 0.6) is 0 Å². The minimum Gasteiger partial charge on any atom is -0.298 e. The monoisotopic (exact) mass is 250 g/mol. The summed E-state index contributed by atoms with van der Waals surface area (Å²) in [4.78, 5) is 11.4. The average Bonchev–Trinajstić information content (AvgIpc) is 2.46. The van der Waals surface area contributed by atoms with E-state index >= 15 is 0 Å². The summed E-state index contributed by atoms with van der Waals surface area (Å²) < 4.78 is 0. The summed E-state index contributed by atoms with van der Waals surface area (Å²) in [5.41, 5.74) is 4.98. The van der Waals surface area contributed by atoms with Crippen molar-refractivity contribution in [2.45, 2.75) is 25.7 Å². The highest BCUT2D eigenvalue weighted by Crippen LogP contribution is 2.44. The molecule has 0 aromatic heterocycles. The molecule has 19 heavy (non-hydrogen) atoms. The van der Waals surface area contributed by atoms with Crippen LogP contribution in [0.1, 0.15) is 31.2 Å². The maximum atomic E-state index is 11.4. The van der Waals surface area contributed by atoms with Crippen LogP contribution in [-0.2, 0) is 4.79 Å². The summed E-state index contributed by atoms with van der Waals surface area (Å²) in [7, 11) is 0. The predicted octanol–water partition coefficient (Wildman–Crippen LogP) is 4.19. The van der Waals surface area contributed by atoms with E-state index in [0.29, 0.717) is 5.92 Å². The molecule has 2 aliphatic rings. The number of fused-ring (bicyclic) bond motifs is 1. The molecule has 1 heteroatoms. The van der Waals surface area contributed by atoms with Gasteiger partial charge in [-0.3, -0.25) is 4.79 Å². The minimum atomic E-state index is 0.225. The average molecular weight is 250 g/mol. The van der Waals surface area contributed by atoms with E-state index in [9.17, 15) is 4.79 Å². The number of carbonyl (C=O) groups is 1. The lowest BCUT2D eigenvalue weighted by Gasteiger charge is -2.34. The van der Waals surface area contributed by atoms with Crippen LogP contribution in [0.15, 0.2) is 65.3 Å². The molecule has 0 amide bonds. The minimum absolute atomic E-state index is 0.225. The van der Waals surface area contributed by atoms with Crippen LogP contribution in [0, 0.1) is 5.92 Å². The van der Waals surface area contributed by atoms with E-state index in [0.717, 1.165) is 24.7 Å². The molecular formula is C18H18O. The highest BCUT2D eigenvalue weighted by molar-refractivity contribution is 5.78. The lowest BCUT2D eigenvalue weighted by atomic mass is 9.69. The first-order valence-electron chi connectivity index (χ1n) is 6.88. The van der Waals surface area contributed by atoms with Gasteiger partial charge in [0.2, 0.25) is 0 Å². The smallest absolute Gasteiger partial charge is 0.146 e. The molecule has 0 spiro atoms. The zero-order chi connectivity index (χ0) is 13.2. The first kappa shape index (κ1) is 12.2. The second-order valence-corrected chi connectivity index (χ2v) is 5.48. The molecule has 2 atom stereocenters. The predicted molar refractivity (Wildman–Crippen MR) is 77.9 cm³/mol. The van der Waals surface area contributed by atoms with Crippen LogP contribution >= 0.6 is 0 Å². The molecule has 1 aromatic rings. The number of benzene rings is 1. The summed E-state index contributed by atoms with van der Waals surface area (Å²) in [6.45, 7) is 2.19. The van der Waals surface area contributed by atoms with Gasteiger partial charge in [0, 0.05) is 5.92 Å². The largest absolute Gasteiger partial charge is 0.298 e. The number of allylic oxidation sites excluding steroid dienone is 6.